The first-order valence-electron chi connectivity index (χ1n) is 5.82. The summed E-state index contributed by atoms with van der Waals surface area (Å²) in [6.07, 6.45) is 0. The molecule has 0 atom stereocenters. The molecule has 108 valence electrons. The summed E-state index contributed by atoms with van der Waals surface area (Å²) in [4.78, 5) is 24.1. The standard InChI is InChI=1S/C12H14N2O6/c1-13-4-5-20-11-9(14(16)17)7(12(15)19-3)6-8(18-2)10(11)13/h6H,4-5H2,1-3H3. The van der Waals surface area contributed by atoms with E-state index in [0.29, 0.717) is 18.0 Å². The first-order chi connectivity index (χ1) is 9.51. The van der Waals surface area contributed by atoms with Gasteiger partial charge in [-0.3, -0.25) is 10.1 Å². The summed E-state index contributed by atoms with van der Waals surface area (Å²) in [5, 5.41) is 11.3. The van der Waals surface area contributed by atoms with Crippen LogP contribution in [0.2, 0.25) is 0 Å². The molecule has 0 saturated carbocycles. The van der Waals surface area contributed by atoms with E-state index in [2.05, 4.69) is 4.74 Å². The lowest BCUT2D eigenvalue weighted by Crippen LogP contribution is -2.30. The summed E-state index contributed by atoms with van der Waals surface area (Å²) >= 11 is 0. The van der Waals surface area contributed by atoms with Crippen molar-refractivity contribution in [1.82, 2.24) is 0 Å². The van der Waals surface area contributed by atoms with Gasteiger partial charge in [-0.25, -0.2) is 4.79 Å². The maximum atomic E-state index is 11.7. The average molecular weight is 282 g/mol. The number of methoxy groups -OCH3 is 2. The summed E-state index contributed by atoms with van der Waals surface area (Å²) < 4.78 is 15.2. The van der Waals surface area contributed by atoms with Crippen LogP contribution in [0.25, 0.3) is 0 Å². The Balaban J connectivity index is 2.78. The molecule has 1 aromatic carbocycles. The van der Waals surface area contributed by atoms with Crippen LogP contribution in [0.5, 0.6) is 11.5 Å². The van der Waals surface area contributed by atoms with E-state index in [1.54, 1.807) is 11.9 Å². The second-order valence-electron chi connectivity index (χ2n) is 4.17. The molecule has 0 bridgehead atoms. The predicted molar refractivity (Wildman–Crippen MR) is 69.8 cm³/mol. The second kappa shape index (κ2) is 5.24. The molecule has 1 aromatic rings. The number of carbonyl (C=O) groups excluding carboxylic acids is 1. The first kappa shape index (κ1) is 13.9. The van der Waals surface area contributed by atoms with Crippen LogP contribution in [-0.4, -0.2) is 45.3 Å². The Morgan fingerprint density at radius 3 is 2.75 bits per heavy atom. The van der Waals surface area contributed by atoms with Crippen LogP contribution < -0.4 is 14.4 Å². The molecule has 0 amide bonds. The summed E-state index contributed by atoms with van der Waals surface area (Å²) in [6.45, 7) is 0.857. The molecule has 2 rings (SSSR count). The number of nitro groups is 1. The number of hydrogen-bond donors (Lipinski definition) is 0. The van der Waals surface area contributed by atoms with Gasteiger partial charge in [0.25, 0.3) is 0 Å². The smallest absolute Gasteiger partial charge is 0.345 e. The van der Waals surface area contributed by atoms with Gasteiger partial charge in [0.15, 0.2) is 0 Å². The lowest BCUT2D eigenvalue weighted by Gasteiger charge is -2.29. The first-order valence-corrected chi connectivity index (χ1v) is 5.82. The Bertz CT molecular complexity index is 572. The molecule has 0 N–H and O–H groups in total. The summed E-state index contributed by atoms with van der Waals surface area (Å²) in [5.41, 5.74) is -0.138. The van der Waals surface area contributed by atoms with Crippen molar-refractivity contribution < 1.29 is 23.9 Å². The van der Waals surface area contributed by atoms with E-state index in [0.717, 1.165) is 7.11 Å². The van der Waals surface area contributed by atoms with Crippen LogP contribution in [0.15, 0.2) is 6.07 Å². The van der Waals surface area contributed by atoms with E-state index in [1.165, 1.54) is 13.2 Å². The van der Waals surface area contributed by atoms with Gasteiger partial charge in [0, 0.05) is 13.1 Å². The van der Waals surface area contributed by atoms with Gasteiger partial charge in [0.1, 0.15) is 23.6 Å². The highest BCUT2D eigenvalue weighted by molar-refractivity contribution is 5.98. The zero-order valence-corrected chi connectivity index (χ0v) is 11.3. The van der Waals surface area contributed by atoms with Crippen molar-refractivity contribution in [3.05, 3.63) is 21.7 Å². The van der Waals surface area contributed by atoms with E-state index in [1.807, 2.05) is 0 Å². The Morgan fingerprint density at radius 2 is 2.20 bits per heavy atom. The van der Waals surface area contributed by atoms with Gasteiger partial charge in [-0.2, -0.15) is 0 Å². The third-order valence-electron chi connectivity index (χ3n) is 3.06. The number of carbonyl (C=O) groups is 1. The zero-order chi connectivity index (χ0) is 14.9. The van der Waals surface area contributed by atoms with Crippen LogP contribution in [-0.2, 0) is 4.74 Å². The minimum atomic E-state index is -0.811. The molecular formula is C12H14N2O6. The number of rotatable bonds is 3. The quantitative estimate of drug-likeness (QED) is 0.467. The highest BCUT2D eigenvalue weighted by Gasteiger charge is 2.35. The molecule has 1 aliphatic rings. The Labute approximate surface area is 115 Å². The number of nitro benzene ring substituents is 1. The van der Waals surface area contributed by atoms with E-state index in [-0.39, 0.29) is 17.9 Å². The molecule has 0 spiro atoms. The van der Waals surface area contributed by atoms with Gasteiger partial charge < -0.3 is 19.1 Å². The lowest BCUT2D eigenvalue weighted by atomic mass is 10.1. The third-order valence-corrected chi connectivity index (χ3v) is 3.06. The molecule has 0 fully saturated rings. The maximum Gasteiger partial charge on any atom is 0.345 e. The summed E-state index contributed by atoms with van der Waals surface area (Å²) in [5.74, 6) is -0.452. The van der Waals surface area contributed by atoms with E-state index in [9.17, 15) is 14.9 Å². The minimum absolute atomic E-state index is 0.0310. The zero-order valence-electron chi connectivity index (χ0n) is 11.3. The fourth-order valence-electron chi connectivity index (χ4n) is 2.11. The number of ether oxygens (including phenoxy) is 3. The molecule has 0 unspecified atom stereocenters. The molecule has 0 saturated heterocycles. The normalized spacial score (nSPS) is 13.2. The monoisotopic (exact) mass is 282 g/mol. The Morgan fingerprint density at radius 1 is 1.50 bits per heavy atom. The lowest BCUT2D eigenvalue weighted by molar-refractivity contribution is -0.386. The second-order valence-corrected chi connectivity index (χ2v) is 4.17. The van der Waals surface area contributed by atoms with Crippen molar-refractivity contribution in [1.29, 1.82) is 0 Å². The predicted octanol–water partition coefficient (Wildman–Crippen LogP) is 1.22. The van der Waals surface area contributed by atoms with Crippen LogP contribution in [0.4, 0.5) is 11.4 Å². The highest BCUT2D eigenvalue weighted by Crippen LogP contribution is 2.47. The molecule has 8 nitrogen and oxygen atoms in total. The molecule has 0 aliphatic carbocycles. The van der Waals surface area contributed by atoms with Crippen molar-refractivity contribution >= 4 is 17.3 Å². The number of fused-ring (bicyclic) bond motifs is 1. The Hall–Kier alpha value is -2.51. The van der Waals surface area contributed by atoms with Crippen LogP contribution in [0.3, 0.4) is 0 Å². The number of hydrogen-bond acceptors (Lipinski definition) is 7. The van der Waals surface area contributed by atoms with Crippen molar-refractivity contribution in [3.8, 4) is 11.5 Å². The van der Waals surface area contributed by atoms with Crippen molar-refractivity contribution in [3.63, 3.8) is 0 Å². The highest BCUT2D eigenvalue weighted by atomic mass is 16.6. The molecule has 0 aromatic heterocycles. The molecule has 20 heavy (non-hydrogen) atoms. The van der Waals surface area contributed by atoms with E-state index in [4.69, 9.17) is 9.47 Å². The molecule has 1 heterocycles. The van der Waals surface area contributed by atoms with Gasteiger partial charge >= 0.3 is 11.7 Å². The molecule has 8 heteroatoms. The maximum absolute atomic E-state index is 11.7. The number of nitrogens with zero attached hydrogens (tertiary/aromatic N) is 2. The molecule has 0 radical (unpaired) electrons. The molecule has 1 aliphatic heterocycles. The third kappa shape index (κ3) is 2.09. The van der Waals surface area contributed by atoms with Crippen molar-refractivity contribution in [2.24, 2.45) is 0 Å². The van der Waals surface area contributed by atoms with Crippen molar-refractivity contribution in [2.45, 2.75) is 0 Å². The number of esters is 1. The van der Waals surface area contributed by atoms with E-state index < -0.39 is 16.6 Å². The van der Waals surface area contributed by atoms with Crippen LogP contribution >= 0.6 is 0 Å². The van der Waals surface area contributed by atoms with Crippen molar-refractivity contribution in [2.75, 3.05) is 39.3 Å². The number of likely N-dealkylation sites (N-methyl/N-ethyl adjacent to an activating group) is 1. The average Bonchev–Trinajstić information content (AvgIpc) is 2.44. The fraction of sp³-hybridized carbons (Fsp3) is 0.417. The number of benzene rings is 1. The van der Waals surface area contributed by atoms with Gasteiger partial charge in [-0.05, 0) is 0 Å². The minimum Gasteiger partial charge on any atom is -0.494 e. The summed E-state index contributed by atoms with van der Waals surface area (Å²) in [6, 6.07) is 1.30. The van der Waals surface area contributed by atoms with Gasteiger partial charge in [-0.15, -0.1) is 0 Å². The Kier molecular flexibility index (Phi) is 3.64. The van der Waals surface area contributed by atoms with Crippen LogP contribution in [0.1, 0.15) is 10.4 Å². The fourth-order valence-corrected chi connectivity index (χ4v) is 2.11. The number of anilines is 1. The van der Waals surface area contributed by atoms with E-state index >= 15 is 0 Å². The van der Waals surface area contributed by atoms with Gasteiger partial charge in [0.2, 0.25) is 5.75 Å². The summed E-state index contributed by atoms with van der Waals surface area (Å²) in [7, 11) is 4.35. The van der Waals surface area contributed by atoms with Crippen LogP contribution in [0, 0.1) is 10.1 Å². The van der Waals surface area contributed by atoms with Gasteiger partial charge in [-0.1, -0.05) is 0 Å². The van der Waals surface area contributed by atoms with Gasteiger partial charge in [0.05, 0.1) is 25.7 Å². The topological polar surface area (TPSA) is 91.1 Å². The molecular weight excluding hydrogens is 268 g/mol. The largest absolute Gasteiger partial charge is 0.494 e. The SMILES string of the molecule is COC(=O)c1cc(OC)c2c(c1[N+](=O)[O-])OCCN2C.